The average Bonchev–Trinajstić information content (AvgIpc) is 2.03. The highest BCUT2D eigenvalue weighted by molar-refractivity contribution is 6.30. The second-order valence-corrected chi connectivity index (χ2v) is 3.98. The molecule has 0 bridgehead atoms. The Hall–Kier alpha value is -0.530. The molecule has 0 spiro atoms. The van der Waals surface area contributed by atoms with Crippen molar-refractivity contribution < 1.29 is 0 Å². The van der Waals surface area contributed by atoms with Crippen molar-refractivity contribution in [2.75, 3.05) is 6.54 Å². The molecule has 1 aromatic rings. The van der Waals surface area contributed by atoms with Crippen LogP contribution in [0.4, 0.5) is 0 Å². The van der Waals surface area contributed by atoms with Gasteiger partial charge >= 0.3 is 0 Å². The van der Waals surface area contributed by atoms with Gasteiger partial charge < -0.3 is 5.73 Å². The summed E-state index contributed by atoms with van der Waals surface area (Å²) in [5.74, 6) is 0.502. The van der Waals surface area contributed by atoms with E-state index in [-0.39, 0.29) is 0 Å². The normalized spacial score (nSPS) is 12.9. The van der Waals surface area contributed by atoms with Crippen molar-refractivity contribution in [1.29, 1.82) is 0 Å². The lowest BCUT2D eigenvalue weighted by atomic mass is 9.96. The molecule has 1 atom stereocenters. The van der Waals surface area contributed by atoms with Crippen molar-refractivity contribution in [2.24, 2.45) is 5.73 Å². The summed E-state index contributed by atoms with van der Waals surface area (Å²) in [6.45, 7) is 4.97. The van der Waals surface area contributed by atoms with Gasteiger partial charge in [-0.3, -0.25) is 0 Å². The molecule has 1 aromatic carbocycles. The van der Waals surface area contributed by atoms with E-state index in [1.54, 1.807) is 0 Å². The van der Waals surface area contributed by atoms with Gasteiger partial charge in [0.25, 0.3) is 0 Å². The van der Waals surface area contributed by atoms with Crippen LogP contribution in [0, 0.1) is 6.92 Å². The lowest BCUT2D eigenvalue weighted by Gasteiger charge is -2.11. The molecule has 72 valence electrons. The zero-order valence-corrected chi connectivity index (χ0v) is 8.93. The Morgan fingerprint density at radius 1 is 1.38 bits per heavy atom. The minimum absolute atomic E-state index is 0.502. The number of hydrogen-bond acceptors (Lipinski definition) is 1. The van der Waals surface area contributed by atoms with Gasteiger partial charge in [-0.05, 0) is 49.1 Å². The monoisotopic (exact) mass is 197 g/mol. The zero-order valence-electron chi connectivity index (χ0n) is 8.18. The van der Waals surface area contributed by atoms with E-state index in [1.807, 2.05) is 12.1 Å². The first kappa shape index (κ1) is 10.6. The maximum atomic E-state index is 5.96. The largest absolute Gasteiger partial charge is 0.330 e. The van der Waals surface area contributed by atoms with Gasteiger partial charge in [-0.2, -0.15) is 0 Å². The van der Waals surface area contributed by atoms with E-state index in [0.717, 1.165) is 18.0 Å². The Balaban J connectivity index is 2.87. The van der Waals surface area contributed by atoms with Crippen LogP contribution in [0.2, 0.25) is 5.02 Å². The van der Waals surface area contributed by atoms with E-state index in [0.29, 0.717) is 5.92 Å². The molecule has 1 unspecified atom stereocenters. The molecule has 0 saturated carbocycles. The van der Waals surface area contributed by atoms with Crippen LogP contribution < -0.4 is 5.73 Å². The number of benzene rings is 1. The maximum absolute atomic E-state index is 5.96. The van der Waals surface area contributed by atoms with Crippen molar-refractivity contribution in [3.8, 4) is 0 Å². The minimum Gasteiger partial charge on any atom is -0.330 e. The zero-order chi connectivity index (χ0) is 9.84. The molecular formula is C11H16ClN. The average molecular weight is 198 g/mol. The lowest BCUT2D eigenvalue weighted by Crippen LogP contribution is -2.04. The van der Waals surface area contributed by atoms with Crippen LogP contribution >= 0.6 is 11.6 Å². The molecule has 0 fully saturated rings. The van der Waals surface area contributed by atoms with Crippen LogP contribution in [0.3, 0.4) is 0 Å². The topological polar surface area (TPSA) is 26.0 Å². The molecule has 0 heterocycles. The lowest BCUT2D eigenvalue weighted by molar-refractivity contribution is 0.690. The number of halogens is 1. The molecule has 2 heteroatoms. The molecule has 13 heavy (non-hydrogen) atoms. The van der Waals surface area contributed by atoms with Crippen molar-refractivity contribution in [2.45, 2.75) is 26.2 Å². The predicted octanol–water partition coefficient (Wildman–Crippen LogP) is 3.10. The fourth-order valence-electron chi connectivity index (χ4n) is 1.47. The Morgan fingerprint density at radius 2 is 2.08 bits per heavy atom. The van der Waals surface area contributed by atoms with E-state index in [1.165, 1.54) is 11.1 Å². The third kappa shape index (κ3) is 3.02. The summed E-state index contributed by atoms with van der Waals surface area (Å²) in [6.07, 6.45) is 1.01. The highest BCUT2D eigenvalue weighted by Gasteiger charge is 2.05. The van der Waals surface area contributed by atoms with Crippen molar-refractivity contribution in [3.05, 3.63) is 34.3 Å². The molecule has 2 N–H and O–H groups in total. The van der Waals surface area contributed by atoms with E-state index in [9.17, 15) is 0 Å². The van der Waals surface area contributed by atoms with Crippen LogP contribution in [0.25, 0.3) is 0 Å². The molecule has 0 aliphatic rings. The third-order valence-corrected chi connectivity index (χ3v) is 2.45. The van der Waals surface area contributed by atoms with E-state index in [4.69, 9.17) is 17.3 Å². The van der Waals surface area contributed by atoms with Gasteiger partial charge in [0, 0.05) is 5.02 Å². The molecule has 0 aliphatic heterocycles. The Kier molecular flexibility index (Phi) is 3.76. The quantitative estimate of drug-likeness (QED) is 0.792. The van der Waals surface area contributed by atoms with E-state index >= 15 is 0 Å². The maximum Gasteiger partial charge on any atom is 0.0411 e. The van der Waals surface area contributed by atoms with Gasteiger partial charge in [0.15, 0.2) is 0 Å². The van der Waals surface area contributed by atoms with Crippen LogP contribution in [0.15, 0.2) is 18.2 Å². The molecule has 0 saturated heterocycles. The first-order valence-corrected chi connectivity index (χ1v) is 4.98. The van der Waals surface area contributed by atoms with Gasteiger partial charge in [-0.25, -0.2) is 0 Å². The Bertz CT molecular complexity index is 263. The van der Waals surface area contributed by atoms with E-state index < -0.39 is 0 Å². The fraction of sp³-hybridized carbons (Fsp3) is 0.455. The number of nitrogens with two attached hydrogens (primary N) is 1. The summed E-state index contributed by atoms with van der Waals surface area (Å²) in [5.41, 5.74) is 8.01. The van der Waals surface area contributed by atoms with Gasteiger partial charge in [-0.15, -0.1) is 0 Å². The number of hydrogen-bond donors (Lipinski definition) is 1. The van der Waals surface area contributed by atoms with Gasteiger partial charge in [0.1, 0.15) is 0 Å². The highest BCUT2D eigenvalue weighted by atomic mass is 35.5. The van der Waals surface area contributed by atoms with Gasteiger partial charge in [0.2, 0.25) is 0 Å². The molecule has 1 rings (SSSR count). The molecule has 0 amide bonds. The second kappa shape index (κ2) is 4.64. The Morgan fingerprint density at radius 3 is 2.62 bits per heavy atom. The molecule has 0 radical (unpaired) electrons. The summed E-state index contributed by atoms with van der Waals surface area (Å²) < 4.78 is 0. The first-order chi connectivity index (χ1) is 6.13. The first-order valence-electron chi connectivity index (χ1n) is 4.60. The van der Waals surface area contributed by atoms with Gasteiger partial charge in [-0.1, -0.05) is 24.6 Å². The summed E-state index contributed by atoms with van der Waals surface area (Å²) in [4.78, 5) is 0. The number of aryl methyl sites for hydroxylation is 1. The molecule has 1 nitrogen and oxygen atoms in total. The summed E-state index contributed by atoms with van der Waals surface area (Å²) >= 11 is 5.96. The second-order valence-electron chi connectivity index (χ2n) is 3.54. The summed E-state index contributed by atoms with van der Waals surface area (Å²) in [5, 5.41) is 0.818. The van der Waals surface area contributed by atoms with Crippen molar-refractivity contribution in [1.82, 2.24) is 0 Å². The van der Waals surface area contributed by atoms with Crippen LogP contribution in [-0.2, 0) is 0 Å². The van der Waals surface area contributed by atoms with Crippen molar-refractivity contribution >= 4 is 11.6 Å². The summed E-state index contributed by atoms with van der Waals surface area (Å²) in [6, 6.07) is 6.17. The molecule has 0 aliphatic carbocycles. The van der Waals surface area contributed by atoms with Crippen LogP contribution in [-0.4, -0.2) is 6.54 Å². The summed E-state index contributed by atoms with van der Waals surface area (Å²) in [7, 11) is 0. The third-order valence-electron chi connectivity index (χ3n) is 2.23. The van der Waals surface area contributed by atoms with Crippen molar-refractivity contribution in [3.63, 3.8) is 0 Å². The SMILES string of the molecule is Cc1cc(Cl)cc(C(C)CCN)c1. The smallest absolute Gasteiger partial charge is 0.0411 e. The van der Waals surface area contributed by atoms with E-state index in [2.05, 4.69) is 19.9 Å². The minimum atomic E-state index is 0.502. The number of rotatable bonds is 3. The molecular weight excluding hydrogens is 182 g/mol. The van der Waals surface area contributed by atoms with Crippen LogP contribution in [0.1, 0.15) is 30.4 Å². The fourth-order valence-corrected chi connectivity index (χ4v) is 1.76. The van der Waals surface area contributed by atoms with Gasteiger partial charge in [0.05, 0.1) is 0 Å². The Labute approximate surface area is 84.9 Å². The molecule has 0 aromatic heterocycles. The highest BCUT2D eigenvalue weighted by Crippen LogP contribution is 2.23. The van der Waals surface area contributed by atoms with Crippen LogP contribution in [0.5, 0.6) is 0 Å². The predicted molar refractivity (Wildman–Crippen MR) is 58.3 cm³/mol. The standard InChI is InChI=1S/C11H16ClN/c1-8-5-10(7-11(12)6-8)9(2)3-4-13/h5-7,9H,3-4,13H2,1-2H3.